The molecule has 0 bridgehead atoms. The van der Waals surface area contributed by atoms with Gasteiger partial charge in [0.15, 0.2) is 0 Å². The Kier molecular flexibility index (Phi) is 3.20. The van der Waals surface area contributed by atoms with E-state index in [1.165, 1.54) is 0 Å². The van der Waals surface area contributed by atoms with Crippen LogP contribution in [0.5, 0.6) is 0 Å². The van der Waals surface area contributed by atoms with Crippen LogP contribution in [-0.2, 0) is 4.79 Å². The topological polar surface area (TPSA) is 20.3 Å². The van der Waals surface area contributed by atoms with Gasteiger partial charge in [-0.15, -0.1) is 0 Å². The molecule has 16 heavy (non-hydrogen) atoms. The maximum Gasteiger partial charge on any atom is 0.139 e. The van der Waals surface area contributed by atoms with Gasteiger partial charge in [0.1, 0.15) is 5.78 Å². The molecule has 1 fully saturated rings. The van der Waals surface area contributed by atoms with E-state index in [-0.39, 0.29) is 12.0 Å². The molecule has 2 nitrogen and oxygen atoms in total. The first-order chi connectivity index (χ1) is 7.59. The lowest BCUT2D eigenvalue weighted by Gasteiger charge is -2.38. The summed E-state index contributed by atoms with van der Waals surface area (Å²) in [5.74, 6) is 0.488. The molecule has 0 amide bonds. The number of Topliss-reactive ketones (excluding diaryl/α,β-unsaturated/α-hetero) is 1. The summed E-state index contributed by atoms with van der Waals surface area (Å²) in [6.45, 7) is 4.93. The number of nitrogens with zero attached hydrogens (tertiary/aromatic N) is 1. The molecule has 1 aliphatic rings. The fourth-order valence-electron chi connectivity index (χ4n) is 2.20. The van der Waals surface area contributed by atoms with E-state index in [1.807, 2.05) is 31.2 Å². The summed E-state index contributed by atoms with van der Waals surface area (Å²) in [6.07, 6.45) is 0.647. The number of benzene rings is 1. The third kappa shape index (κ3) is 2.07. The van der Waals surface area contributed by atoms with Crippen molar-refractivity contribution < 1.29 is 4.79 Å². The normalized spacial score (nSPS) is 25.9. The SMILES string of the molecule is CC1C(=O)CCN(c2ccc(Cl)cc2)C1C. The molecule has 0 spiro atoms. The van der Waals surface area contributed by atoms with E-state index >= 15 is 0 Å². The Morgan fingerprint density at radius 3 is 2.50 bits per heavy atom. The predicted molar refractivity (Wildman–Crippen MR) is 67.0 cm³/mol. The lowest BCUT2D eigenvalue weighted by atomic mass is 9.90. The van der Waals surface area contributed by atoms with Crippen molar-refractivity contribution in [3.05, 3.63) is 29.3 Å². The third-order valence-electron chi connectivity index (χ3n) is 3.48. The number of ketones is 1. The average Bonchev–Trinajstić information content (AvgIpc) is 2.28. The van der Waals surface area contributed by atoms with Crippen molar-refractivity contribution in [3.63, 3.8) is 0 Å². The first-order valence-electron chi connectivity index (χ1n) is 5.64. The molecule has 0 radical (unpaired) electrons. The number of hydrogen-bond acceptors (Lipinski definition) is 2. The molecule has 0 aliphatic carbocycles. The molecule has 1 aromatic rings. The zero-order valence-corrected chi connectivity index (χ0v) is 10.4. The zero-order chi connectivity index (χ0) is 11.7. The van der Waals surface area contributed by atoms with Crippen molar-refractivity contribution in [1.29, 1.82) is 0 Å². The van der Waals surface area contributed by atoms with E-state index in [0.717, 1.165) is 17.3 Å². The van der Waals surface area contributed by atoms with Crippen LogP contribution in [-0.4, -0.2) is 18.4 Å². The minimum absolute atomic E-state index is 0.115. The summed E-state index contributed by atoms with van der Waals surface area (Å²) in [5.41, 5.74) is 1.15. The summed E-state index contributed by atoms with van der Waals surface area (Å²) in [6, 6.07) is 8.08. The number of halogens is 1. The van der Waals surface area contributed by atoms with Gasteiger partial charge in [0.05, 0.1) is 0 Å². The van der Waals surface area contributed by atoms with Gasteiger partial charge in [0, 0.05) is 35.6 Å². The summed E-state index contributed by atoms with van der Waals surface area (Å²) < 4.78 is 0. The Labute approximate surface area is 101 Å². The number of hydrogen-bond donors (Lipinski definition) is 0. The monoisotopic (exact) mass is 237 g/mol. The highest BCUT2D eigenvalue weighted by atomic mass is 35.5. The highest BCUT2D eigenvalue weighted by Crippen LogP contribution is 2.27. The van der Waals surface area contributed by atoms with Crippen LogP contribution in [0.1, 0.15) is 20.3 Å². The van der Waals surface area contributed by atoms with Gasteiger partial charge in [-0.3, -0.25) is 4.79 Å². The third-order valence-corrected chi connectivity index (χ3v) is 3.73. The van der Waals surface area contributed by atoms with Gasteiger partial charge in [-0.1, -0.05) is 18.5 Å². The van der Waals surface area contributed by atoms with E-state index in [4.69, 9.17) is 11.6 Å². The van der Waals surface area contributed by atoms with Gasteiger partial charge in [0.25, 0.3) is 0 Å². The van der Waals surface area contributed by atoms with Crippen LogP contribution >= 0.6 is 11.6 Å². The van der Waals surface area contributed by atoms with Gasteiger partial charge >= 0.3 is 0 Å². The van der Waals surface area contributed by atoms with Crippen LogP contribution in [0.2, 0.25) is 5.02 Å². The molecule has 3 heteroatoms. The Bertz CT molecular complexity index is 387. The van der Waals surface area contributed by atoms with E-state index in [9.17, 15) is 4.79 Å². The molecule has 2 atom stereocenters. The lowest BCUT2D eigenvalue weighted by Crippen LogP contribution is -2.46. The second-order valence-corrected chi connectivity index (χ2v) is 4.85. The molecule has 1 saturated heterocycles. The highest BCUT2D eigenvalue weighted by Gasteiger charge is 2.30. The number of anilines is 1. The Morgan fingerprint density at radius 1 is 1.25 bits per heavy atom. The maximum absolute atomic E-state index is 11.6. The van der Waals surface area contributed by atoms with Crippen LogP contribution in [0.3, 0.4) is 0 Å². The molecule has 86 valence electrons. The number of carbonyl (C=O) groups excluding carboxylic acids is 1. The molecule has 2 rings (SSSR count). The lowest BCUT2D eigenvalue weighted by molar-refractivity contribution is -0.123. The Balaban J connectivity index is 2.21. The van der Waals surface area contributed by atoms with Gasteiger partial charge < -0.3 is 4.90 Å². The van der Waals surface area contributed by atoms with Gasteiger partial charge in [-0.25, -0.2) is 0 Å². The fourth-order valence-corrected chi connectivity index (χ4v) is 2.32. The summed E-state index contributed by atoms with van der Waals surface area (Å²) in [7, 11) is 0. The summed E-state index contributed by atoms with van der Waals surface area (Å²) >= 11 is 5.87. The van der Waals surface area contributed by atoms with Crippen molar-refractivity contribution in [1.82, 2.24) is 0 Å². The van der Waals surface area contributed by atoms with Crippen molar-refractivity contribution in [2.24, 2.45) is 5.92 Å². The van der Waals surface area contributed by atoms with Crippen LogP contribution < -0.4 is 4.90 Å². The van der Waals surface area contributed by atoms with Crippen LogP contribution in [0.15, 0.2) is 24.3 Å². The molecule has 2 unspecified atom stereocenters. The summed E-state index contributed by atoms with van der Waals surface area (Å²) in [5, 5.41) is 0.748. The molecule has 1 aromatic carbocycles. The Hall–Kier alpha value is -1.02. The fraction of sp³-hybridized carbons (Fsp3) is 0.462. The highest BCUT2D eigenvalue weighted by molar-refractivity contribution is 6.30. The van der Waals surface area contributed by atoms with Gasteiger partial charge in [0.2, 0.25) is 0 Å². The minimum atomic E-state index is 0.115. The van der Waals surface area contributed by atoms with Crippen molar-refractivity contribution in [2.45, 2.75) is 26.3 Å². The smallest absolute Gasteiger partial charge is 0.139 e. The summed E-state index contributed by atoms with van der Waals surface area (Å²) in [4.78, 5) is 13.9. The predicted octanol–water partition coefficient (Wildman–Crippen LogP) is 3.14. The molecule has 0 saturated carbocycles. The molecular weight excluding hydrogens is 222 g/mol. The quantitative estimate of drug-likeness (QED) is 0.748. The first kappa shape index (κ1) is 11.5. The van der Waals surface area contributed by atoms with Gasteiger partial charge in [-0.05, 0) is 31.2 Å². The Morgan fingerprint density at radius 2 is 1.88 bits per heavy atom. The van der Waals surface area contributed by atoms with Crippen molar-refractivity contribution in [3.8, 4) is 0 Å². The maximum atomic E-state index is 11.6. The van der Waals surface area contributed by atoms with Crippen LogP contribution in [0.4, 0.5) is 5.69 Å². The second kappa shape index (κ2) is 4.46. The minimum Gasteiger partial charge on any atom is -0.368 e. The van der Waals surface area contributed by atoms with Crippen molar-refractivity contribution >= 4 is 23.1 Å². The van der Waals surface area contributed by atoms with E-state index in [1.54, 1.807) is 0 Å². The average molecular weight is 238 g/mol. The second-order valence-electron chi connectivity index (χ2n) is 4.42. The molecule has 1 heterocycles. The van der Waals surface area contributed by atoms with Gasteiger partial charge in [-0.2, -0.15) is 0 Å². The van der Waals surface area contributed by atoms with Crippen LogP contribution in [0.25, 0.3) is 0 Å². The molecular formula is C13H16ClNO. The molecule has 0 aromatic heterocycles. The van der Waals surface area contributed by atoms with Crippen molar-refractivity contribution in [2.75, 3.05) is 11.4 Å². The largest absolute Gasteiger partial charge is 0.368 e. The zero-order valence-electron chi connectivity index (χ0n) is 9.61. The standard InChI is InChI=1S/C13H16ClNO/c1-9-10(2)15(8-7-13(9)16)12-5-3-11(14)4-6-12/h3-6,9-10H,7-8H2,1-2H3. The van der Waals surface area contributed by atoms with E-state index in [2.05, 4.69) is 11.8 Å². The molecule has 0 N–H and O–H groups in total. The first-order valence-corrected chi connectivity index (χ1v) is 6.02. The van der Waals surface area contributed by atoms with E-state index < -0.39 is 0 Å². The number of rotatable bonds is 1. The number of piperidine rings is 1. The van der Waals surface area contributed by atoms with Crippen LogP contribution in [0, 0.1) is 5.92 Å². The molecule has 1 aliphatic heterocycles. The van der Waals surface area contributed by atoms with E-state index in [0.29, 0.717) is 12.2 Å². The number of carbonyl (C=O) groups is 1.